The second-order valence-corrected chi connectivity index (χ2v) is 7.79. The fraction of sp³-hybridized carbons (Fsp3) is 0.905. The Morgan fingerprint density at radius 3 is 2.32 bits per heavy atom. The highest BCUT2D eigenvalue weighted by Gasteiger charge is 2.30. The third-order valence-electron chi connectivity index (χ3n) is 5.62. The van der Waals surface area contributed by atoms with Crippen molar-refractivity contribution in [1.82, 2.24) is 20.0 Å². The molecule has 2 saturated heterocycles. The Bertz CT molecular complexity index is 471. The number of hydrogen-bond acceptors (Lipinski definition) is 4. The van der Waals surface area contributed by atoms with Crippen LogP contribution in [0.25, 0.3) is 0 Å². The van der Waals surface area contributed by atoms with E-state index in [1.807, 2.05) is 4.90 Å². The number of nitrogens with zero attached hydrogens (tertiary/aromatic N) is 4. The minimum atomic E-state index is -0.0138. The van der Waals surface area contributed by atoms with Gasteiger partial charge in [-0.15, -0.1) is 0 Å². The normalized spacial score (nSPS) is 19.9. The molecule has 1 amide bonds. The van der Waals surface area contributed by atoms with Crippen molar-refractivity contribution in [2.24, 2.45) is 4.99 Å². The van der Waals surface area contributed by atoms with Crippen LogP contribution in [0.15, 0.2) is 4.99 Å². The Morgan fingerprint density at radius 2 is 1.68 bits per heavy atom. The smallest absolute Gasteiger partial charge is 0.239 e. The summed E-state index contributed by atoms with van der Waals surface area (Å²) in [5.74, 6) is 1.30. The van der Waals surface area contributed by atoms with E-state index in [2.05, 4.69) is 35.9 Å². The van der Waals surface area contributed by atoms with Crippen LogP contribution in [0.1, 0.15) is 52.9 Å². The van der Waals surface area contributed by atoms with Crippen molar-refractivity contribution < 1.29 is 9.53 Å². The predicted octanol–water partition coefficient (Wildman–Crippen LogP) is 1.79. The number of carbonyl (C=O) groups excluding carboxylic acids is 1. The summed E-state index contributed by atoms with van der Waals surface area (Å²) in [7, 11) is 0. The number of aliphatic imine (C=N–C) groups is 1. The average molecular weight is 396 g/mol. The minimum Gasteiger partial charge on any atom is -0.381 e. The molecule has 0 aromatic carbocycles. The molecule has 162 valence electrons. The summed E-state index contributed by atoms with van der Waals surface area (Å²) in [5.41, 5.74) is 0. The number of nitrogens with one attached hydrogen (secondary N) is 1. The third-order valence-corrected chi connectivity index (χ3v) is 5.62. The van der Waals surface area contributed by atoms with Gasteiger partial charge in [-0.25, -0.2) is 0 Å². The summed E-state index contributed by atoms with van der Waals surface area (Å²) in [5, 5.41) is 3.42. The number of guanidine groups is 1. The van der Waals surface area contributed by atoms with Crippen LogP contribution in [0.5, 0.6) is 0 Å². The molecule has 1 atom stereocenters. The van der Waals surface area contributed by atoms with E-state index in [1.165, 1.54) is 6.42 Å². The van der Waals surface area contributed by atoms with E-state index in [-0.39, 0.29) is 6.04 Å². The maximum atomic E-state index is 12.7. The molecule has 0 aromatic rings. The molecular weight excluding hydrogens is 354 g/mol. The first-order chi connectivity index (χ1) is 13.7. The van der Waals surface area contributed by atoms with Crippen LogP contribution in [0.3, 0.4) is 0 Å². The molecule has 0 spiro atoms. The Kier molecular flexibility index (Phi) is 10.6. The van der Waals surface area contributed by atoms with Gasteiger partial charge in [0.15, 0.2) is 5.96 Å². The fourth-order valence-electron chi connectivity index (χ4n) is 3.80. The number of amides is 1. The van der Waals surface area contributed by atoms with Crippen molar-refractivity contribution in [2.75, 3.05) is 65.6 Å². The maximum Gasteiger partial charge on any atom is 0.239 e. The van der Waals surface area contributed by atoms with Crippen molar-refractivity contribution in [3.8, 4) is 0 Å². The molecule has 1 N–H and O–H groups in total. The Balaban J connectivity index is 1.74. The molecule has 1 unspecified atom stereocenters. The van der Waals surface area contributed by atoms with Crippen molar-refractivity contribution in [1.29, 1.82) is 0 Å². The van der Waals surface area contributed by atoms with E-state index in [4.69, 9.17) is 9.73 Å². The van der Waals surface area contributed by atoms with Gasteiger partial charge in [-0.1, -0.05) is 13.3 Å². The van der Waals surface area contributed by atoms with Gasteiger partial charge in [0, 0.05) is 65.6 Å². The molecule has 2 fully saturated rings. The van der Waals surface area contributed by atoms with Gasteiger partial charge in [0.1, 0.15) is 0 Å². The standard InChI is InChI=1S/C21H41N5O2/c1-4-6-17-28-18-9-10-23-21(22-5-2)26-15-13-24(14-16-26)19(3)20(27)25-11-7-8-12-25/h19H,4-18H2,1-3H3,(H,22,23). The van der Waals surface area contributed by atoms with E-state index < -0.39 is 0 Å². The lowest BCUT2D eigenvalue weighted by Crippen LogP contribution is -2.57. The first-order valence-corrected chi connectivity index (χ1v) is 11.3. The van der Waals surface area contributed by atoms with Gasteiger partial charge < -0.3 is 19.9 Å². The molecule has 0 bridgehead atoms. The molecule has 2 aliphatic rings. The first-order valence-electron chi connectivity index (χ1n) is 11.3. The first kappa shape index (κ1) is 22.9. The monoisotopic (exact) mass is 395 g/mol. The van der Waals surface area contributed by atoms with Crippen LogP contribution in [0.4, 0.5) is 0 Å². The van der Waals surface area contributed by atoms with E-state index >= 15 is 0 Å². The van der Waals surface area contributed by atoms with Crippen molar-refractivity contribution >= 4 is 11.9 Å². The molecule has 7 nitrogen and oxygen atoms in total. The van der Waals surface area contributed by atoms with E-state index in [0.717, 1.165) is 97.2 Å². The zero-order chi connectivity index (χ0) is 20.2. The summed E-state index contributed by atoms with van der Waals surface area (Å²) in [6.07, 6.45) is 5.57. The summed E-state index contributed by atoms with van der Waals surface area (Å²) in [4.78, 5) is 24.1. The van der Waals surface area contributed by atoms with Crippen LogP contribution < -0.4 is 5.32 Å². The minimum absolute atomic E-state index is 0.0138. The lowest BCUT2D eigenvalue weighted by molar-refractivity contribution is -0.135. The van der Waals surface area contributed by atoms with Gasteiger partial charge in [-0.3, -0.25) is 14.7 Å². The quantitative estimate of drug-likeness (QED) is 0.347. The Labute approximate surface area is 171 Å². The average Bonchev–Trinajstić information content (AvgIpc) is 3.26. The Morgan fingerprint density at radius 1 is 1.00 bits per heavy atom. The molecule has 2 heterocycles. The molecule has 0 aliphatic carbocycles. The molecule has 7 heteroatoms. The molecule has 2 aliphatic heterocycles. The van der Waals surface area contributed by atoms with Crippen LogP contribution in [-0.4, -0.2) is 98.2 Å². The van der Waals surface area contributed by atoms with Crippen LogP contribution in [0.2, 0.25) is 0 Å². The number of ether oxygens (including phenoxy) is 1. The predicted molar refractivity (Wildman–Crippen MR) is 115 cm³/mol. The van der Waals surface area contributed by atoms with Gasteiger partial charge in [0.25, 0.3) is 0 Å². The number of carbonyl (C=O) groups is 1. The van der Waals surface area contributed by atoms with E-state index in [1.54, 1.807) is 0 Å². The highest BCUT2D eigenvalue weighted by molar-refractivity contribution is 5.82. The number of rotatable bonds is 10. The number of likely N-dealkylation sites (tertiary alicyclic amines) is 1. The van der Waals surface area contributed by atoms with Gasteiger partial charge in [0.2, 0.25) is 5.91 Å². The second-order valence-electron chi connectivity index (χ2n) is 7.79. The van der Waals surface area contributed by atoms with Gasteiger partial charge in [-0.05, 0) is 39.5 Å². The zero-order valence-electron chi connectivity index (χ0n) is 18.3. The molecule has 0 saturated carbocycles. The Hall–Kier alpha value is -1.34. The van der Waals surface area contributed by atoms with Crippen LogP contribution in [-0.2, 0) is 9.53 Å². The molecular formula is C21H41N5O2. The highest BCUT2D eigenvalue weighted by Crippen LogP contribution is 2.14. The topological polar surface area (TPSA) is 60.4 Å². The summed E-state index contributed by atoms with van der Waals surface area (Å²) in [6.45, 7) is 15.2. The number of hydrogen-bond donors (Lipinski definition) is 1. The summed E-state index contributed by atoms with van der Waals surface area (Å²) < 4.78 is 5.62. The van der Waals surface area contributed by atoms with Gasteiger partial charge in [-0.2, -0.15) is 0 Å². The molecule has 0 aromatic heterocycles. The highest BCUT2D eigenvalue weighted by atomic mass is 16.5. The lowest BCUT2D eigenvalue weighted by Gasteiger charge is -2.39. The third kappa shape index (κ3) is 7.24. The van der Waals surface area contributed by atoms with Gasteiger partial charge in [0.05, 0.1) is 6.04 Å². The van der Waals surface area contributed by atoms with Crippen LogP contribution >= 0.6 is 0 Å². The van der Waals surface area contributed by atoms with Crippen LogP contribution in [0, 0.1) is 0 Å². The fourth-order valence-corrected chi connectivity index (χ4v) is 3.80. The second kappa shape index (κ2) is 13.0. The van der Waals surface area contributed by atoms with Gasteiger partial charge >= 0.3 is 0 Å². The van der Waals surface area contributed by atoms with E-state index in [0.29, 0.717) is 5.91 Å². The molecule has 0 radical (unpaired) electrons. The van der Waals surface area contributed by atoms with E-state index in [9.17, 15) is 4.79 Å². The van der Waals surface area contributed by atoms with Crippen molar-refractivity contribution in [3.63, 3.8) is 0 Å². The zero-order valence-corrected chi connectivity index (χ0v) is 18.3. The van der Waals surface area contributed by atoms with Crippen molar-refractivity contribution in [3.05, 3.63) is 0 Å². The SMILES string of the molecule is CCCCOCCCN=C(NCC)N1CCN(C(C)C(=O)N2CCCC2)CC1. The number of unbranched alkanes of at least 4 members (excludes halogenated alkanes) is 1. The summed E-state index contributed by atoms with van der Waals surface area (Å²) in [6, 6.07) is -0.0138. The largest absolute Gasteiger partial charge is 0.381 e. The maximum absolute atomic E-state index is 12.7. The number of piperazine rings is 1. The lowest BCUT2D eigenvalue weighted by atomic mass is 10.2. The molecule has 2 rings (SSSR count). The molecule has 28 heavy (non-hydrogen) atoms. The van der Waals surface area contributed by atoms with Crippen molar-refractivity contribution in [2.45, 2.75) is 58.9 Å². The summed E-state index contributed by atoms with van der Waals surface area (Å²) >= 11 is 0.